The summed E-state index contributed by atoms with van der Waals surface area (Å²) in [6.45, 7) is -0.621. The fourth-order valence-corrected chi connectivity index (χ4v) is 1.85. The molecule has 1 fully saturated rings. The molecule has 120 valence electrons. The molecule has 0 saturated carbocycles. The molecule has 2 unspecified atom stereocenters. The predicted octanol–water partition coefficient (Wildman–Crippen LogP) is 3.51. The van der Waals surface area contributed by atoms with Crippen LogP contribution in [0.2, 0.25) is 0 Å². The molecule has 1 aliphatic rings. The normalized spacial score (nSPS) is 37.2. The van der Waals surface area contributed by atoms with Crippen LogP contribution in [0.1, 0.15) is 6.92 Å². The van der Waals surface area contributed by atoms with E-state index in [0.29, 0.717) is 0 Å². The van der Waals surface area contributed by atoms with Gasteiger partial charge in [0.15, 0.2) is 0 Å². The molecule has 0 spiro atoms. The van der Waals surface area contributed by atoms with Gasteiger partial charge in [-0.2, -0.15) is 30.7 Å². The van der Waals surface area contributed by atoms with Crippen LogP contribution >= 0.6 is 0 Å². The zero-order chi connectivity index (χ0) is 16.4. The van der Waals surface area contributed by atoms with Gasteiger partial charge in [0.1, 0.15) is 0 Å². The van der Waals surface area contributed by atoms with Crippen LogP contribution in [0.3, 0.4) is 0 Å². The van der Waals surface area contributed by atoms with Crippen LogP contribution in [0, 0.1) is 0 Å². The number of hydrogen-bond donors (Lipinski definition) is 0. The third-order valence-corrected chi connectivity index (χ3v) is 2.80. The second kappa shape index (κ2) is 3.90. The minimum absolute atomic E-state index is 0.258. The van der Waals surface area contributed by atoms with Crippen LogP contribution in [-0.4, -0.2) is 42.7 Å². The third-order valence-electron chi connectivity index (χ3n) is 2.80. The number of methoxy groups -OCH3 is 1. The summed E-state index contributed by atoms with van der Waals surface area (Å²) < 4.78 is 136. The molecule has 2 atom stereocenters. The van der Waals surface area contributed by atoms with Crippen molar-refractivity contribution in [3.05, 3.63) is 0 Å². The number of hydrogen-bond acceptors (Lipinski definition) is 2. The molecule has 1 aliphatic heterocycles. The van der Waals surface area contributed by atoms with E-state index >= 15 is 0 Å². The maximum absolute atomic E-state index is 13.8. The van der Waals surface area contributed by atoms with Gasteiger partial charge in [-0.25, -0.2) is 13.2 Å². The van der Waals surface area contributed by atoms with E-state index in [0.717, 1.165) is 0 Å². The third kappa shape index (κ3) is 1.60. The fraction of sp³-hybridized carbons (Fsp3) is 1.00. The molecular formula is C8H6F10O2. The molecule has 0 aromatic heterocycles. The number of halogens is 10. The van der Waals surface area contributed by atoms with E-state index in [1.165, 1.54) is 0 Å². The highest BCUT2D eigenvalue weighted by molar-refractivity contribution is 5.21. The number of alkyl halides is 10. The minimum atomic E-state index is -6.63. The Morgan fingerprint density at radius 3 is 1.50 bits per heavy atom. The van der Waals surface area contributed by atoms with Crippen molar-refractivity contribution in [1.82, 2.24) is 0 Å². The van der Waals surface area contributed by atoms with Gasteiger partial charge in [0.05, 0.1) is 0 Å². The topological polar surface area (TPSA) is 18.5 Å². The summed E-state index contributed by atoms with van der Waals surface area (Å²) in [5.41, 5.74) is -5.88. The number of ether oxygens (including phenoxy) is 2. The quantitative estimate of drug-likeness (QED) is 0.724. The zero-order valence-electron chi connectivity index (χ0n) is 9.60. The van der Waals surface area contributed by atoms with Gasteiger partial charge >= 0.3 is 35.6 Å². The molecule has 1 heterocycles. The summed E-state index contributed by atoms with van der Waals surface area (Å²) in [5, 5.41) is 0. The Morgan fingerprint density at radius 1 is 0.900 bits per heavy atom. The van der Waals surface area contributed by atoms with Crippen molar-refractivity contribution >= 4 is 0 Å². The van der Waals surface area contributed by atoms with Gasteiger partial charge < -0.3 is 4.74 Å². The van der Waals surface area contributed by atoms with E-state index in [9.17, 15) is 43.9 Å². The summed E-state index contributed by atoms with van der Waals surface area (Å²) in [6, 6.07) is 0. The van der Waals surface area contributed by atoms with Crippen molar-refractivity contribution in [2.45, 2.75) is 42.5 Å². The van der Waals surface area contributed by atoms with Gasteiger partial charge in [0.25, 0.3) is 0 Å². The van der Waals surface area contributed by atoms with Crippen LogP contribution in [0.5, 0.6) is 0 Å². The van der Waals surface area contributed by atoms with Gasteiger partial charge in [-0.1, -0.05) is 0 Å². The molecule has 1 saturated heterocycles. The van der Waals surface area contributed by atoms with E-state index in [1.807, 2.05) is 0 Å². The first kappa shape index (κ1) is 17.3. The van der Waals surface area contributed by atoms with Crippen molar-refractivity contribution in [3.8, 4) is 0 Å². The summed E-state index contributed by atoms with van der Waals surface area (Å²) in [4.78, 5) is 0. The van der Waals surface area contributed by atoms with Crippen LogP contribution in [0.4, 0.5) is 43.9 Å². The molecule has 0 N–H and O–H groups in total. The molecule has 0 amide bonds. The van der Waals surface area contributed by atoms with Gasteiger partial charge in [-0.3, -0.25) is 4.74 Å². The van der Waals surface area contributed by atoms with E-state index in [1.54, 1.807) is 0 Å². The molecule has 20 heavy (non-hydrogen) atoms. The SMILES string of the molecule is COC1(C(F)(F)F)C(F)(F)C(F)(F)OC1(F)C(C)(F)F. The molecule has 0 radical (unpaired) electrons. The van der Waals surface area contributed by atoms with Gasteiger partial charge in [0.2, 0.25) is 0 Å². The van der Waals surface area contributed by atoms with Crippen molar-refractivity contribution in [1.29, 1.82) is 0 Å². The van der Waals surface area contributed by atoms with E-state index in [-0.39, 0.29) is 7.11 Å². The Labute approximate surface area is 104 Å². The zero-order valence-corrected chi connectivity index (χ0v) is 9.60. The molecule has 12 heteroatoms. The average molecular weight is 324 g/mol. The average Bonchev–Trinajstić information content (AvgIpc) is 2.25. The summed E-state index contributed by atoms with van der Waals surface area (Å²) >= 11 is 0. The van der Waals surface area contributed by atoms with E-state index in [4.69, 9.17) is 0 Å². The molecule has 1 rings (SSSR count). The largest absolute Gasteiger partial charge is 0.429 e. The molecule has 2 nitrogen and oxygen atoms in total. The van der Waals surface area contributed by atoms with E-state index < -0.39 is 42.5 Å². The molecule has 0 aliphatic carbocycles. The van der Waals surface area contributed by atoms with Crippen molar-refractivity contribution in [3.63, 3.8) is 0 Å². The highest BCUT2D eigenvalue weighted by atomic mass is 19.4. The van der Waals surface area contributed by atoms with E-state index in [2.05, 4.69) is 9.47 Å². The summed E-state index contributed by atoms with van der Waals surface area (Å²) in [7, 11) is -0.258. The Balaban J connectivity index is 3.79. The predicted molar refractivity (Wildman–Crippen MR) is 41.2 cm³/mol. The smallest absolute Gasteiger partial charge is 0.359 e. The van der Waals surface area contributed by atoms with Crippen molar-refractivity contribution < 1.29 is 53.4 Å². The standard InChI is InChI=1S/C8H6F10O2/c1-3(9,10)6(13)4(19-2,7(14,15)16)5(11,12)8(17,18)20-6/h1-2H3. The lowest BCUT2D eigenvalue weighted by Crippen LogP contribution is -2.72. The Kier molecular flexibility index (Phi) is 3.37. The monoisotopic (exact) mass is 324 g/mol. The number of rotatable bonds is 2. The van der Waals surface area contributed by atoms with Gasteiger partial charge in [-0.15, -0.1) is 0 Å². The molecular weight excluding hydrogens is 318 g/mol. The van der Waals surface area contributed by atoms with Crippen LogP contribution in [0.15, 0.2) is 0 Å². The maximum atomic E-state index is 13.8. The lowest BCUT2D eigenvalue weighted by atomic mass is 9.85. The summed E-state index contributed by atoms with van der Waals surface area (Å²) in [5.74, 6) is -17.6. The molecule has 0 aromatic carbocycles. The van der Waals surface area contributed by atoms with Crippen LogP contribution < -0.4 is 0 Å². The Hall–Kier alpha value is -0.780. The molecule has 0 aromatic rings. The first-order valence-electron chi connectivity index (χ1n) is 4.66. The highest BCUT2D eigenvalue weighted by Crippen LogP contribution is 2.67. The van der Waals surface area contributed by atoms with Crippen molar-refractivity contribution in [2.24, 2.45) is 0 Å². The highest BCUT2D eigenvalue weighted by Gasteiger charge is 2.98. The lowest BCUT2D eigenvalue weighted by Gasteiger charge is -2.41. The Morgan fingerprint density at radius 2 is 1.30 bits per heavy atom. The fourth-order valence-electron chi connectivity index (χ4n) is 1.85. The minimum Gasteiger partial charge on any atom is -0.359 e. The van der Waals surface area contributed by atoms with Gasteiger partial charge in [-0.05, 0) is 0 Å². The molecule has 0 bridgehead atoms. The maximum Gasteiger partial charge on any atom is 0.429 e. The van der Waals surface area contributed by atoms with Crippen molar-refractivity contribution in [2.75, 3.05) is 7.11 Å². The summed E-state index contributed by atoms with van der Waals surface area (Å²) in [6.07, 6.45) is -12.8. The van der Waals surface area contributed by atoms with Gasteiger partial charge in [0, 0.05) is 14.0 Å². The lowest BCUT2D eigenvalue weighted by molar-refractivity contribution is -0.408. The first-order valence-corrected chi connectivity index (χ1v) is 4.66. The van der Waals surface area contributed by atoms with Crippen LogP contribution in [-0.2, 0) is 9.47 Å². The second-order valence-corrected chi connectivity index (χ2v) is 4.06. The first-order chi connectivity index (χ1) is 8.52. The van der Waals surface area contributed by atoms with Crippen LogP contribution in [0.25, 0.3) is 0 Å². The second-order valence-electron chi connectivity index (χ2n) is 4.06. The Bertz CT molecular complexity index is 399.